The van der Waals surface area contributed by atoms with Gasteiger partial charge in [0.2, 0.25) is 0 Å². The van der Waals surface area contributed by atoms with Crippen LogP contribution in [-0.2, 0) is 0 Å². The van der Waals surface area contributed by atoms with Gasteiger partial charge < -0.3 is 15.1 Å². The molecular formula is C14H17FN4O3. The van der Waals surface area contributed by atoms with Gasteiger partial charge in [0.15, 0.2) is 5.82 Å². The summed E-state index contributed by atoms with van der Waals surface area (Å²) < 4.78 is 14.1. The van der Waals surface area contributed by atoms with Crippen LogP contribution in [0.1, 0.15) is 12.8 Å². The van der Waals surface area contributed by atoms with E-state index in [2.05, 4.69) is 5.32 Å². The van der Waals surface area contributed by atoms with Crippen LogP contribution in [0.3, 0.4) is 0 Å². The number of benzene rings is 1. The molecule has 2 aliphatic rings. The Morgan fingerprint density at radius 2 is 2.18 bits per heavy atom. The van der Waals surface area contributed by atoms with Crippen LogP contribution in [0.2, 0.25) is 0 Å². The maximum atomic E-state index is 14.1. The number of nitrogens with one attached hydrogen (secondary N) is 1. The molecule has 7 nitrogen and oxygen atoms in total. The lowest BCUT2D eigenvalue weighted by Gasteiger charge is -2.38. The molecule has 118 valence electrons. The number of amides is 2. The minimum atomic E-state index is -0.611. The molecule has 1 aromatic carbocycles. The van der Waals surface area contributed by atoms with Crippen molar-refractivity contribution in [1.82, 2.24) is 10.2 Å². The summed E-state index contributed by atoms with van der Waals surface area (Å²) in [5.74, 6) is -0.597. The third-order valence-electron chi connectivity index (χ3n) is 4.21. The van der Waals surface area contributed by atoms with Crippen LogP contribution in [0.15, 0.2) is 18.2 Å². The van der Waals surface area contributed by atoms with Crippen molar-refractivity contribution in [3.8, 4) is 0 Å². The summed E-state index contributed by atoms with van der Waals surface area (Å²) in [5, 5.41) is 13.4. The largest absolute Gasteiger partial charge is 0.367 e. The van der Waals surface area contributed by atoms with Gasteiger partial charge in [-0.3, -0.25) is 10.1 Å². The second-order valence-electron chi connectivity index (χ2n) is 5.56. The van der Waals surface area contributed by atoms with Gasteiger partial charge in [0.05, 0.1) is 22.7 Å². The Bertz CT molecular complexity index is 610. The summed E-state index contributed by atoms with van der Waals surface area (Å²) in [6, 6.07) is 3.67. The lowest BCUT2D eigenvalue weighted by Crippen LogP contribution is -2.49. The fraction of sp³-hybridized carbons (Fsp3) is 0.500. The molecule has 0 spiro atoms. The maximum Gasteiger partial charge on any atom is 0.317 e. The standard InChI is InChI=1S/C14H17FN4O3/c15-12-8-10(19(21)22)3-4-13(12)17-6-1-2-11(9-17)18-7-5-16-14(18)20/h3-4,8,11H,1-2,5-7,9H2,(H,16,20). The van der Waals surface area contributed by atoms with Crippen molar-refractivity contribution >= 4 is 17.4 Å². The number of urea groups is 1. The van der Waals surface area contributed by atoms with Crippen molar-refractivity contribution in [1.29, 1.82) is 0 Å². The molecule has 1 atom stereocenters. The van der Waals surface area contributed by atoms with Gasteiger partial charge in [-0.1, -0.05) is 0 Å². The normalized spacial score (nSPS) is 21.9. The molecule has 3 rings (SSSR count). The smallest absolute Gasteiger partial charge is 0.317 e. The van der Waals surface area contributed by atoms with Gasteiger partial charge in [-0.15, -0.1) is 0 Å². The fourth-order valence-electron chi connectivity index (χ4n) is 3.13. The van der Waals surface area contributed by atoms with Crippen LogP contribution in [0, 0.1) is 15.9 Å². The Kier molecular flexibility index (Phi) is 3.82. The first kappa shape index (κ1) is 14.6. The number of non-ortho nitro benzene ring substituents is 1. The van der Waals surface area contributed by atoms with Gasteiger partial charge in [0.1, 0.15) is 0 Å². The third kappa shape index (κ3) is 2.68. The van der Waals surface area contributed by atoms with E-state index in [1.54, 1.807) is 4.90 Å². The highest BCUT2D eigenvalue weighted by atomic mass is 19.1. The van der Waals surface area contributed by atoms with E-state index in [1.165, 1.54) is 12.1 Å². The van der Waals surface area contributed by atoms with E-state index >= 15 is 0 Å². The Balaban J connectivity index is 1.77. The maximum absolute atomic E-state index is 14.1. The lowest BCUT2D eigenvalue weighted by atomic mass is 10.0. The Morgan fingerprint density at radius 3 is 2.82 bits per heavy atom. The number of nitro benzene ring substituents is 1. The minimum absolute atomic E-state index is 0.0471. The van der Waals surface area contributed by atoms with Gasteiger partial charge >= 0.3 is 6.03 Å². The quantitative estimate of drug-likeness (QED) is 0.681. The van der Waals surface area contributed by atoms with Crippen LogP contribution in [0.25, 0.3) is 0 Å². The highest BCUT2D eigenvalue weighted by molar-refractivity contribution is 5.76. The number of rotatable bonds is 3. The van der Waals surface area contributed by atoms with E-state index in [-0.39, 0.29) is 17.8 Å². The van der Waals surface area contributed by atoms with E-state index in [1.807, 2.05) is 4.90 Å². The number of hydrogen-bond acceptors (Lipinski definition) is 4. The number of carbonyl (C=O) groups is 1. The average molecular weight is 308 g/mol. The molecule has 0 aromatic heterocycles. The van der Waals surface area contributed by atoms with Crippen LogP contribution in [0.5, 0.6) is 0 Å². The molecule has 2 saturated heterocycles. The summed E-state index contributed by atoms with van der Waals surface area (Å²) in [6.07, 6.45) is 1.74. The molecule has 2 fully saturated rings. The molecule has 0 aliphatic carbocycles. The molecule has 1 aromatic rings. The first-order valence-corrected chi connectivity index (χ1v) is 7.29. The highest BCUT2D eigenvalue weighted by Crippen LogP contribution is 2.28. The molecule has 0 bridgehead atoms. The van der Waals surface area contributed by atoms with Gasteiger partial charge in [-0.05, 0) is 18.9 Å². The van der Waals surface area contributed by atoms with E-state index in [0.29, 0.717) is 31.9 Å². The summed E-state index contributed by atoms with van der Waals surface area (Å²) in [5.41, 5.74) is 0.101. The van der Waals surface area contributed by atoms with Crippen LogP contribution >= 0.6 is 0 Å². The molecule has 22 heavy (non-hydrogen) atoms. The van der Waals surface area contributed by atoms with E-state index in [9.17, 15) is 19.3 Å². The average Bonchev–Trinajstić information content (AvgIpc) is 2.93. The predicted molar refractivity (Wildman–Crippen MR) is 78.4 cm³/mol. The number of halogens is 1. The Hall–Kier alpha value is -2.38. The number of hydrogen-bond donors (Lipinski definition) is 1. The second-order valence-corrected chi connectivity index (χ2v) is 5.56. The van der Waals surface area contributed by atoms with Crippen molar-refractivity contribution in [3.05, 3.63) is 34.1 Å². The second kappa shape index (κ2) is 5.78. The Labute approximate surface area is 126 Å². The number of piperidine rings is 1. The number of anilines is 1. The zero-order valence-electron chi connectivity index (χ0n) is 12.0. The molecule has 1 N–H and O–H groups in total. The van der Waals surface area contributed by atoms with E-state index in [4.69, 9.17) is 0 Å². The third-order valence-corrected chi connectivity index (χ3v) is 4.21. The van der Waals surface area contributed by atoms with Crippen LogP contribution in [-0.4, -0.2) is 48.1 Å². The number of nitrogens with zero attached hydrogens (tertiary/aromatic N) is 3. The Morgan fingerprint density at radius 1 is 1.36 bits per heavy atom. The van der Waals surface area contributed by atoms with E-state index in [0.717, 1.165) is 18.9 Å². The molecule has 2 heterocycles. The zero-order chi connectivity index (χ0) is 15.7. The zero-order valence-corrected chi connectivity index (χ0v) is 12.0. The molecule has 8 heteroatoms. The van der Waals surface area contributed by atoms with Gasteiger partial charge in [-0.2, -0.15) is 0 Å². The summed E-state index contributed by atoms with van der Waals surface area (Å²) >= 11 is 0. The number of nitro groups is 1. The lowest BCUT2D eigenvalue weighted by molar-refractivity contribution is -0.385. The predicted octanol–water partition coefficient (Wildman–Crippen LogP) is 1.73. The fourth-order valence-corrected chi connectivity index (χ4v) is 3.13. The first-order valence-electron chi connectivity index (χ1n) is 7.29. The van der Waals surface area contributed by atoms with Crippen LogP contribution < -0.4 is 10.2 Å². The van der Waals surface area contributed by atoms with Crippen molar-refractivity contribution in [2.45, 2.75) is 18.9 Å². The SMILES string of the molecule is O=C1NCCN1C1CCCN(c2ccc([N+](=O)[O-])cc2F)C1. The molecular weight excluding hydrogens is 291 g/mol. The summed E-state index contributed by atoms with van der Waals surface area (Å²) in [4.78, 5) is 25.5. The topological polar surface area (TPSA) is 78.7 Å². The van der Waals surface area contributed by atoms with Crippen molar-refractivity contribution in [3.63, 3.8) is 0 Å². The van der Waals surface area contributed by atoms with Gasteiger partial charge in [0, 0.05) is 32.2 Å². The molecule has 2 aliphatic heterocycles. The van der Waals surface area contributed by atoms with Gasteiger partial charge in [0.25, 0.3) is 5.69 Å². The molecule has 1 unspecified atom stereocenters. The van der Waals surface area contributed by atoms with Crippen molar-refractivity contribution in [2.24, 2.45) is 0 Å². The monoisotopic (exact) mass is 308 g/mol. The summed E-state index contributed by atoms with van der Waals surface area (Å²) in [7, 11) is 0. The first-order chi connectivity index (χ1) is 10.6. The molecule has 2 amide bonds. The summed E-state index contributed by atoms with van der Waals surface area (Å²) in [6.45, 7) is 2.53. The minimum Gasteiger partial charge on any atom is -0.367 e. The van der Waals surface area contributed by atoms with Crippen LogP contribution in [0.4, 0.5) is 20.6 Å². The van der Waals surface area contributed by atoms with Crippen molar-refractivity contribution < 1.29 is 14.1 Å². The highest BCUT2D eigenvalue weighted by Gasteiger charge is 2.32. The van der Waals surface area contributed by atoms with E-state index < -0.39 is 10.7 Å². The number of carbonyl (C=O) groups excluding carboxylic acids is 1. The molecule has 0 radical (unpaired) electrons. The molecule has 0 saturated carbocycles. The van der Waals surface area contributed by atoms with Gasteiger partial charge in [-0.25, -0.2) is 9.18 Å². The van der Waals surface area contributed by atoms with Crippen molar-refractivity contribution in [2.75, 3.05) is 31.1 Å².